The van der Waals surface area contributed by atoms with Crippen LogP contribution < -0.4 is 5.73 Å². The van der Waals surface area contributed by atoms with Crippen molar-refractivity contribution in [3.05, 3.63) is 42.4 Å². The molecule has 0 radical (unpaired) electrons. The van der Waals surface area contributed by atoms with Gasteiger partial charge in [0.2, 0.25) is 0 Å². The summed E-state index contributed by atoms with van der Waals surface area (Å²) in [6.07, 6.45) is 4.79. The molecule has 2 aromatic rings. The molecule has 0 saturated heterocycles. The lowest BCUT2D eigenvalue weighted by Gasteiger charge is -2.15. The van der Waals surface area contributed by atoms with Crippen LogP contribution in [0, 0.1) is 0 Å². The summed E-state index contributed by atoms with van der Waals surface area (Å²) >= 11 is 0. The summed E-state index contributed by atoms with van der Waals surface area (Å²) in [5.41, 5.74) is 6.66. The van der Waals surface area contributed by atoms with Gasteiger partial charge >= 0.3 is 0 Å². The van der Waals surface area contributed by atoms with E-state index in [0.717, 1.165) is 31.7 Å². The minimum atomic E-state index is 0.580. The van der Waals surface area contributed by atoms with Crippen molar-refractivity contribution in [1.29, 1.82) is 0 Å². The highest BCUT2D eigenvalue weighted by Crippen LogP contribution is 2.01. The number of aryl methyl sites for hydroxylation is 1. The molecule has 0 atom stereocenters. The van der Waals surface area contributed by atoms with Crippen LogP contribution in [0.3, 0.4) is 0 Å². The number of anilines is 1. The molecule has 0 aromatic carbocycles. The molecule has 0 aliphatic rings. The Hall–Kier alpha value is -1.88. The van der Waals surface area contributed by atoms with Crippen LogP contribution in [-0.2, 0) is 13.1 Å². The maximum Gasteiger partial charge on any atom is 0.145 e. The van der Waals surface area contributed by atoms with Gasteiger partial charge in [-0.3, -0.25) is 9.67 Å². The second-order valence-electron chi connectivity index (χ2n) is 4.42. The van der Waals surface area contributed by atoms with Gasteiger partial charge in [-0.2, -0.15) is 5.10 Å². The number of aromatic nitrogens is 3. The summed E-state index contributed by atoms with van der Waals surface area (Å²) in [5.74, 6) is 0.580. The molecule has 2 aromatic heterocycles. The van der Waals surface area contributed by atoms with Crippen LogP contribution in [0.15, 0.2) is 36.7 Å². The summed E-state index contributed by atoms with van der Waals surface area (Å²) in [6, 6.07) is 7.82. The molecule has 0 unspecified atom stereocenters. The predicted molar refractivity (Wildman–Crippen MR) is 71.8 cm³/mol. The third kappa shape index (κ3) is 3.85. The minimum absolute atomic E-state index is 0.580. The largest absolute Gasteiger partial charge is 0.382 e. The number of rotatable bonds is 6. The van der Waals surface area contributed by atoms with Crippen molar-refractivity contribution >= 4 is 5.82 Å². The Labute approximate surface area is 107 Å². The molecular formula is C13H19N5. The summed E-state index contributed by atoms with van der Waals surface area (Å²) in [4.78, 5) is 6.57. The van der Waals surface area contributed by atoms with Gasteiger partial charge < -0.3 is 10.6 Å². The van der Waals surface area contributed by atoms with E-state index < -0.39 is 0 Å². The first-order valence-corrected chi connectivity index (χ1v) is 6.11. The zero-order valence-corrected chi connectivity index (χ0v) is 10.7. The molecule has 0 saturated carbocycles. The molecule has 0 amide bonds. The van der Waals surface area contributed by atoms with Gasteiger partial charge in [-0.05, 0) is 31.7 Å². The van der Waals surface area contributed by atoms with Crippen molar-refractivity contribution in [2.45, 2.75) is 19.5 Å². The Balaban J connectivity index is 1.70. The first-order valence-electron chi connectivity index (χ1n) is 6.11. The lowest BCUT2D eigenvalue weighted by atomic mass is 10.3. The topological polar surface area (TPSA) is 60.0 Å². The van der Waals surface area contributed by atoms with Gasteiger partial charge in [0, 0.05) is 32.0 Å². The Morgan fingerprint density at radius 2 is 2.22 bits per heavy atom. The van der Waals surface area contributed by atoms with Crippen molar-refractivity contribution < 1.29 is 0 Å². The van der Waals surface area contributed by atoms with E-state index in [-0.39, 0.29) is 0 Å². The zero-order valence-electron chi connectivity index (χ0n) is 10.7. The van der Waals surface area contributed by atoms with E-state index in [0.29, 0.717) is 5.82 Å². The third-order valence-corrected chi connectivity index (χ3v) is 2.75. The van der Waals surface area contributed by atoms with Crippen LogP contribution in [0.4, 0.5) is 5.82 Å². The second kappa shape index (κ2) is 6.16. The van der Waals surface area contributed by atoms with E-state index >= 15 is 0 Å². The van der Waals surface area contributed by atoms with Gasteiger partial charge in [-0.25, -0.2) is 0 Å². The molecule has 5 heteroatoms. The van der Waals surface area contributed by atoms with Crippen LogP contribution in [0.25, 0.3) is 0 Å². The highest BCUT2D eigenvalue weighted by Gasteiger charge is 2.01. The van der Waals surface area contributed by atoms with E-state index in [2.05, 4.69) is 22.0 Å². The fourth-order valence-electron chi connectivity index (χ4n) is 1.85. The van der Waals surface area contributed by atoms with E-state index in [4.69, 9.17) is 5.73 Å². The Bertz CT molecular complexity index is 465. The van der Waals surface area contributed by atoms with Crippen LogP contribution >= 0.6 is 0 Å². The maximum atomic E-state index is 5.56. The molecule has 18 heavy (non-hydrogen) atoms. The number of hydrogen-bond acceptors (Lipinski definition) is 4. The first-order chi connectivity index (χ1) is 8.74. The third-order valence-electron chi connectivity index (χ3n) is 2.75. The Morgan fingerprint density at radius 1 is 1.33 bits per heavy atom. The number of nitrogens with two attached hydrogens (primary N) is 1. The normalized spacial score (nSPS) is 11.0. The standard InChI is InChI=1S/C13H19N5/c1-17(11-12-5-2-3-7-15-12)8-4-9-18-10-6-13(14)16-18/h2-3,5-7,10H,4,8-9,11H2,1H3,(H2,14,16). The van der Waals surface area contributed by atoms with Gasteiger partial charge in [-0.15, -0.1) is 0 Å². The molecular weight excluding hydrogens is 226 g/mol. The monoisotopic (exact) mass is 245 g/mol. The molecule has 2 N–H and O–H groups in total. The number of nitrogens with zero attached hydrogens (tertiary/aromatic N) is 4. The highest BCUT2D eigenvalue weighted by atomic mass is 15.3. The van der Waals surface area contributed by atoms with E-state index in [1.165, 1.54) is 0 Å². The molecule has 0 fully saturated rings. The van der Waals surface area contributed by atoms with Crippen molar-refractivity contribution in [1.82, 2.24) is 19.7 Å². The number of hydrogen-bond donors (Lipinski definition) is 1. The average molecular weight is 245 g/mol. The summed E-state index contributed by atoms with van der Waals surface area (Å²) in [5, 5.41) is 4.16. The van der Waals surface area contributed by atoms with Crippen LogP contribution in [-0.4, -0.2) is 33.3 Å². The van der Waals surface area contributed by atoms with Crippen LogP contribution in [0.5, 0.6) is 0 Å². The van der Waals surface area contributed by atoms with Crippen LogP contribution in [0.2, 0.25) is 0 Å². The van der Waals surface area contributed by atoms with Gasteiger partial charge in [0.25, 0.3) is 0 Å². The van der Waals surface area contributed by atoms with Crippen molar-refractivity contribution in [3.8, 4) is 0 Å². The molecule has 2 rings (SSSR count). The number of nitrogen functional groups attached to an aromatic ring is 1. The molecule has 2 heterocycles. The fraction of sp³-hybridized carbons (Fsp3) is 0.385. The van der Waals surface area contributed by atoms with E-state index in [1.54, 1.807) is 0 Å². The predicted octanol–water partition coefficient (Wildman–Crippen LogP) is 1.38. The smallest absolute Gasteiger partial charge is 0.145 e. The molecule has 0 aliphatic carbocycles. The Kier molecular flexibility index (Phi) is 4.30. The maximum absolute atomic E-state index is 5.56. The van der Waals surface area contributed by atoms with E-state index in [9.17, 15) is 0 Å². The first kappa shape index (κ1) is 12.6. The number of pyridine rings is 1. The van der Waals surface area contributed by atoms with Crippen molar-refractivity contribution in [2.75, 3.05) is 19.3 Å². The lowest BCUT2D eigenvalue weighted by molar-refractivity contribution is 0.308. The molecule has 0 bridgehead atoms. The summed E-state index contributed by atoms with van der Waals surface area (Å²) in [6.45, 7) is 2.78. The van der Waals surface area contributed by atoms with Gasteiger partial charge in [-0.1, -0.05) is 6.07 Å². The quantitative estimate of drug-likeness (QED) is 0.835. The zero-order chi connectivity index (χ0) is 12.8. The van der Waals surface area contributed by atoms with Gasteiger partial charge in [0.05, 0.1) is 5.69 Å². The SMILES string of the molecule is CN(CCCn1ccc(N)n1)Cc1ccccn1. The Morgan fingerprint density at radius 3 is 2.89 bits per heavy atom. The summed E-state index contributed by atoms with van der Waals surface area (Å²) < 4.78 is 1.88. The second-order valence-corrected chi connectivity index (χ2v) is 4.42. The van der Waals surface area contributed by atoms with Crippen LogP contribution in [0.1, 0.15) is 12.1 Å². The minimum Gasteiger partial charge on any atom is -0.382 e. The molecule has 0 aliphatic heterocycles. The highest BCUT2D eigenvalue weighted by molar-refractivity contribution is 5.23. The average Bonchev–Trinajstić information content (AvgIpc) is 2.76. The summed E-state index contributed by atoms with van der Waals surface area (Å²) in [7, 11) is 2.10. The van der Waals surface area contributed by atoms with Gasteiger partial charge in [0.1, 0.15) is 5.82 Å². The molecule has 5 nitrogen and oxygen atoms in total. The lowest BCUT2D eigenvalue weighted by Crippen LogP contribution is -2.21. The fourth-order valence-corrected chi connectivity index (χ4v) is 1.85. The van der Waals surface area contributed by atoms with Crippen molar-refractivity contribution in [3.63, 3.8) is 0 Å². The van der Waals surface area contributed by atoms with Crippen molar-refractivity contribution in [2.24, 2.45) is 0 Å². The van der Waals surface area contributed by atoms with E-state index in [1.807, 2.05) is 41.3 Å². The molecule has 0 spiro atoms. The van der Waals surface area contributed by atoms with Gasteiger partial charge in [0.15, 0.2) is 0 Å². The molecule has 96 valence electrons.